The molecular weight excluding hydrogens is 392 g/mol. The van der Waals surface area contributed by atoms with Crippen LogP contribution in [0.3, 0.4) is 0 Å². The van der Waals surface area contributed by atoms with E-state index in [1.54, 1.807) is 13.2 Å². The zero-order valence-corrected chi connectivity index (χ0v) is 17.6. The van der Waals surface area contributed by atoms with Crippen molar-refractivity contribution in [1.82, 2.24) is 25.2 Å². The zero-order chi connectivity index (χ0) is 21.6. The molecule has 1 aliphatic rings. The number of benzene rings is 1. The van der Waals surface area contributed by atoms with E-state index in [1.165, 1.54) is 0 Å². The Bertz CT molecular complexity index is 1070. The number of imidazole rings is 1. The van der Waals surface area contributed by atoms with Crippen LogP contribution in [-0.2, 0) is 6.54 Å². The molecule has 2 amide bonds. The number of guanidine groups is 1. The van der Waals surface area contributed by atoms with Gasteiger partial charge in [-0.1, -0.05) is 12.1 Å². The number of pyridine rings is 1. The Hall–Kier alpha value is -3.88. The Kier molecular flexibility index (Phi) is 6.11. The maximum absolute atomic E-state index is 12.0. The highest BCUT2D eigenvalue weighted by Crippen LogP contribution is 2.33. The molecule has 3 heterocycles. The third kappa shape index (κ3) is 4.66. The molecule has 0 saturated carbocycles. The number of hydrogen-bond acceptors (Lipinski definition) is 5. The summed E-state index contributed by atoms with van der Waals surface area (Å²) in [5.74, 6) is 1.22. The quantitative estimate of drug-likeness (QED) is 0.385. The van der Waals surface area contributed by atoms with E-state index < -0.39 is 0 Å². The molecule has 0 atom stereocenters. The molecule has 4 rings (SSSR count). The lowest BCUT2D eigenvalue weighted by Crippen LogP contribution is -2.42. The summed E-state index contributed by atoms with van der Waals surface area (Å²) in [4.78, 5) is 25.2. The van der Waals surface area contributed by atoms with Crippen molar-refractivity contribution in [3.63, 3.8) is 0 Å². The molecule has 4 N–H and O–H groups in total. The number of carbonyl (C=O) groups is 1. The van der Waals surface area contributed by atoms with Gasteiger partial charge in [-0.05, 0) is 37.1 Å². The molecule has 31 heavy (non-hydrogen) atoms. The van der Waals surface area contributed by atoms with Crippen molar-refractivity contribution < 1.29 is 4.79 Å². The molecule has 9 heteroatoms. The summed E-state index contributed by atoms with van der Waals surface area (Å²) in [6.45, 7) is 4.24. The number of hydrogen-bond donors (Lipinski definition) is 4. The minimum absolute atomic E-state index is 0.314. The molecule has 0 unspecified atom stereocenters. The van der Waals surface area contributed by atoms with Gasteiger partial charge in [-0.3, -0.25) is 15.3 Å². The largest absolute Gasteiger partial charge is 0.356 e. The fourth-order valence-corrected chi connectivity index (χ4v) is 3.47. The van der Waals surface area contributed by atoms with Crippen LogP contribution < -0.4 is 21.3 Å². The van der Waals surface area contributed by atoms with Crippen LogP contribution >= 0.6 is 0 Å². The molecule has 1 aromatic carbocycles. The summed E-state index contributed by atoms with van der Waals surface area (Å²) >= 11 is 0. The van der Waals surface area contributed by atoms with Crippen molar-refractivity contribution in [2.45, 2.75) is 19.9 Å². The van der Waals surface area contributed by atoms with Gasteiger partial charge in [0.2, 0.25) is 11.9 Å². The lowest BCUT2D eigenvalue weighted by atomic mass is 10.0. The topological polar surface area (TPSA) is 108 Å². The van der Waals surface area contributed by atoms with Crippen molar-refractivity contribution in [3.8, 4) is 22.4 Å². The Morgan fingerprint density at radius 3 is 2.94 bits per heavy atom. The molecule has 2 aromatic heterocycles. The molecule has 1 aliphatic heterocycles. The fraction of sp³-hybridized carbons (Fsp3) is 0.273. The van der Waals surface area contributed by atoms with Crippen molar-refractivity contribution in [2.75, 3.05) is 30.8 Å². The number of amides is 2. The first kappa shape index (κ1) is 20.4. The van der Waals surface area contributed by atoms with Gasteiger partial charge in [0.05, 0.1) is 11.4 Å². The molecule has 0 aliphatic carbocycles. The molecule has 0 bridgehead atoms. The zero-order valence-electron chi connectivity index (χ0n) is 17.6. The van der Waals surface area contributed by atoms with E-state index in [-0.39, 0.29) is 6.03 Å². The van der Waals surface area contributed by atoms with Gasteiger partial charge in [0.15, 0.2) is 0 Å². The van der Waals surface area contributed by atoms with Crippen molar-refractivity contribution >= 4 is 23.6 Å². The van der Waals surface area contributed by atoms with E-state index in [0.29, 0.717) is 12.5 Å². The number of nitrogens with one attached hydrogen (secondary N) is 4. The van der Waals surface area contributed by atoms with E-state index in [1.807, 2.05) is 37.4 Å². The second kappa shape index (κ2) is 9.29. The Morgan fingerprint density at radius 1 is 1.29 bits per heavy atom. The predicted octanol–water partition coefficient (Wildman–Crippen LogP) is 3.14. The minimum Gasteiger partial charge on any atom is -0.356 e. The number of urea groups is 1. The van der Waals surface area contributed by atoms with Crippen LogP contribution in [-0.4, -0.2) is 46.7 Å². The first-order valence-corrected chi connectivity index (χ1v) is 10.3. The van der Waals surface area contributed by atoms with Crippen molar-refractivity contribution in [1.29, 1.82) is 0 Å². The third-order valence-corrected chi connectivity index (χ3v) is 4.97. The lowest BCUT2D eigenvalue weighted by Gasteiger charge is -2.15. The van der Waals surface area contributed by atoms with E-state index in [9.17, 15) is 4.79 Å². The normalized spacial score (nSPS) is 13.2. The molecule has 0 fully saturated rings. The molecule has 3 aromatic rings. The second-order valence-electron chi connectivity index (χ2n) is 7.11. The van der Waals surface area contributed by atoms with Crippen LogP contribution in [0.4, 0.5) is 16.4 Å². The first-order chi connectivity index (χ1) is 15.2. The SMILES string of the molecule is CCNC(=O)NC(=NC)Nc1ccc(-c2cccnc2)cc1-c1cn2c(n1)NCCC2. The van der Waals surface area contributed by atoms with Crippen LogP contribution in [0.2, 0.25) is 0 Å². The fourth-order valence-electron chi connectivity index (χ4n) is 3.47. The van der Waals surface area contributed by atoms with Crippen molar-refractivity contribution in [2.24, 2.45) is 4.99 Å². The summed E-state index contributed by atoms with van der Waals surface area (Å²) in [5, 5.41) is 12.0. The molecule has 0 radical (unpaired) electrons. The van der Waals surface area contributed by atoms with E-state index in [4.69, 9.17) is 4.98 Å². The average Bonchev–Trinajstić information content (AvgIpc) is 3.23. The number of rotatable bonds is 4. The van der Waals surface area contributed by atoms with Gasteiger partial charge in [0.1, 0.15) is 0 Å². The third-order valence-electron chi connectivity index (χ3n) is 4.97. The number of fused-ring (bicyclic) bond motifs is 1. The highest BCUT2D eigenvalue weighted by Gasteiger charge is 2.17. The van der Waals surface area contributed by atoms with Gasteiger partial charge in [-0.15, -0.1) is 0 Å². The van der Waals surface area contributed by atoms with Gasteiger partial charge >= 0.3 is 6.03 Å². The highest BCUT2D eigenvalue weighted by molar-refractivity contribution is 6.05. The average molecular weight is 419 g/mol. The first-order valence-electron chi connectivity index (χ1n) is 10.3. The van der Waals surface area contributed by atoms with E-state index >= 15 is 0 Å². The van der Waals surface area contributed by atoms with Crippen molar-refractivity contribution in [3.05, 3.63) is 48.9 Å². The maximum atomic E-state index is 12.0. The van der Waals surface area contributed by atoms with Crippen LogP contribution in [0, 0.1) is 0 Å². The van der Waals surface area contributed by atoms with Crippen LogP contribution in [0.25, 0.3) is 22.4 Å². The summed E-state index contributed by atoms with van der Waals surface area (Å²) in [6, 6.07) is 9.68. The van der Waals surface area contributed by atoms with Crippen LogP contribution in [0.5, 0.6) is 0 Å². The summed E-state index contributed by atoms with van der Waals surface area (Å²) in [7, 11) is 1.62. The van der Waals surface area contributed by atoms with Gasteiger partial charge in [-0.2, -0.15) is 0 Å². The molecule has 9 nitrogen and oxygen atoms in total. The maximum Gasteiger partial charge on any atom is 0.321 e. The van der Waals surface area contributed by atoms with Gasteiger partial charge < -0.3 is 20.5 Å². The second-order valence-corrected chi connectivity index (χ2v) is 7.11. The van der Waals surface area contributed by atoms with Gasteiger partial charge in [0.25, 0.3) is 0 Å². The number of nitrogens with zero attached hydrogens (tertiary/aromatic N) is 4. The number of anilines is 2. The Morgan fingerprint density at radius 2 is 2.19 bits per heavy atom. The Labute approximate surface area is 181 Å². The van der Waals surface area contributed by atoms with Crippen LogP contribution in [0.1, 0.15) is 13.3 Å². The number of aliphatic imine (C=N–C) groups is 1. The lowest BCUT2D eigenvalue weighted by molar-refractivity contribution is 0.246. The van der Waals surface area contributed by atoms with E-state index in [0.717, 1.165) is 53.5 Å². The molecular formula is C22H26N8O. The smallest absolute Gasteiger partial charge is 0.321 e. The molecule has 160 valence electrons. The predicted molar refractivity (Wildman–Crippen MR) is 123 cm³/mol. The monoisotopic (exact) mass is 418 g/mol. The standard InChI is InChI=1S/C22H26N8O/c1-3-25-22(31)29-20(23-2)27-18-8-7-15(16-6-4-9-24-13-16)12-17(18)19-14-30-11-5-10-26-21(30)28-19/h4,6-9,12-14H,3,5,10-11H2,1-2H3,(H,26,28)(H3,23,25,27,29,31). The number of aromatic nitrogens is 3. The molecule has 0 spiro atoms. The summed E-state index contributed by atoms with van der Waals surface area (Å²) in [5.41, 5.74) is 4.58. The van der Waals surface area contributed by atoms with E-state index in [2.05, 4.69) is 48.1 Å². The minimum atomic E-state index is -0.314. The highest BCUT2D eigenvalue weighted by atomic mass is 16.2. The van der Waals surface area contributed by atoms with Gasteiger partial charge in [0, 0.05) is 56.4 Å². The van der Waals surface area contributed by atoms with Gasteiger partial charge in [-0.25, -0.2) is 9.78 Å². The van der Waals surface area contributed by atoms with Crippen LogP contribution in [0.15, 0.2) is 53.9 Å². The summed E-state index contributed by atoms with van der Waals surface area (Å²) < 4.78 is 2.13. The summed E-state index contributed by atoms with van der Waals surface area (Å²) in [6.07, 6.45) is 6.70. The number of aryl methyl sites for hydroxylation is 1. The Balaban J connectivity index is 1.72. The molecule has 0 saturated heterocycles. The number of carbonyl (C=O) groups excluding carboxylic acids is 1.